The minimum absolute atomic E-state index is 0.0307. The van der Waals surface area contributed by atoms with Gasteiger partial charge < -0.3 is 9.64 Å². The quantitative estimate of drug-likeness (QED) is 0.547. The third-order valence-corrected chi connectivity index (χ3v) is 6.12. The fourth-order valence-electron chi connectivity index (χ4n) is 3.50. The number of nitrogens with zero attached hydrogens (tertiary/aromatic N) is 5. The van der Waals surface area contributed by atoms with E-state index in [0.717, 1.165) is 31.6 Å². The highest BCUT2D eigenvalue weighted by Gasteiger charge is 2.22. The van der Waals surface area contributed by atoms with Crippen molar-refractivity contribution in [1.29, 1.82) is 0 Å². The lowest BCUT2D eigenvalue weighted by Crippen LogP contribution is -2.28. The smallest absolute Gasteiger partial charge is 0.259 e. The van der Waals surface area contributed by atoms with Crippen LogP contribution in [0.1, 0.15) is 33.9 Å². The van der Waals surface area contributed by atoms with E-state index in [-0.39, 0.29) is 17.5 Å². The number of hydrogen-bond donors (Lipinski definition) is 1. The molecule has 0 unspecified atom stereocenters. The van der Waals surface area contributed by atoms with E-state index in [4.69, 9.17) is 16.3 Å². The van der Waals surface area contributed by atoms with Gasteiger partial charge in [0.25, 0.3) is 5.91 Å². The number of aryl methyl sites for hydroxylation is 1. The maximum absolute atomic E-state index is 13.1. The fraction of sp³-hybridized carbons (Fsp3) is 0.333. The number of ether oxygens (including phenoxy) is 1. The highest BCUT2D eigenvalue weighted by Crippen LogP contribution is 2.34. The molecular weight excluding hydrogens is 452 g/mol. The second kappa shape index (κ2) is 9.58. The average Bonchev–Trinajstić information content (AvgIpc) is 3.46. The van der Waals surface area contributed by atoms with Gasteiger partial charge in [-0.05, 0) is 31.9 Å². The van der Waals surface area contributed by atoms with Gasteiger partial charge in [-0.2, -0.15) is 0 Å². The molecule has 0 saturated carbocycles. The average molecular weight is 473 g/mol. The first-order valence-corrected chi connectivity index (χ1v) is 11.2. The number of pyridine rings is 2. The lowest BCUT2D eigenvalue weighted by Gasteiger charge is -2.13. The summed E-state index contributed by atoms with van der Waals surface area (Å²) in [6.07, 6.45) is 5.24. The Kier molecular flexibility index (Phi) is 6.61. The first kappa shape index (κ1) is 22.1. The van der Waals surface area contributed by atoms with E-state index in [1.165, 1.54) is 30.8 Å². The Hall–Kier alpha value is -3.11. The summed E-state index contributed by atoms with van der Waals surface area (Å²) in [7, 11) is 1.52. The van der Waals surface area contributed by atoms with Gasteiger partial charge in [-0.15, -0.1) is 10.2 Å². The number of methoxy groups -OCH3 is 1. The van der Waals surface area contributed by atoms with Crippen LogP contribution in [-0.4, -0.2) is 57.1 Å². The Labute approximate surface area is 193 Å². The zero-order valence-corrected chi connectivity index (χ0v) is 19.2. The molecule has 0 aromatic carbocycles. The van der Waals surface area contributed by atoms with Crippen LogP contribution in [0.15, 0.2) is 24.5 Å². The summed E-state index contributed by atoms with van der Waals surface area (Å²) in [5, 5.41) is 12.0. The molecule has 4 rings (SSSR count). The highest BCUT2D eigenvalue weighted by molar-refractivity contribution is 7.15. The molecule has 3 aromatic rings. The molecule has 9 nitrogen and oxygen atoms in total. The summed E-state index contributed by atoms with van der Waals surface area (Å²) < 4.78 is 5.40. The minimum Gasteiger partial charge on any atom is -0.494 e. The second-order valence-corrected chi connectivity index (χ2v) is 8.75. The number of nitrogens with one attached hydrogen (secondary N) is 1. The van der Waals surface area contributed by atoms with Crippen LogP contribution in [-0.2, 0) is 11.2 Å². The van der Waals surface area contributed by atoms with Gasteiger partial charge in [-0.25, -0.2) is 4.98 Å². The molecule has 0 spiro atoms. The van der Waals surface area contributed by atoms with E-state index in [2.05, 4.69) is 25.5 Å². The van der Waals surface area contributed by atoms with Gasteiger partial charge in [-0.1, -0.05) is 22.9 Å². The molecule has 32 heavy (non-hydrogen) atoms. The van der Waals surface area contributed by atoms with Crippen molar-refractivity contribution in [3.05, 3.63) is 45.9 Å². The predicted molar refractivity (Wildman–Crippen MR) is 121 cm³/mol. The number of carbonyl (C=O) groups is 2. The van der Waals surface area contributed by atoms with Gasteiger partial charge in [0.2, 0.25) is 11.0 Å². The molecule has 4 heterocycles. The molecule has 0 atom stereocenters. The van der Waals surface area contributed by atoms with Crippen molar-refractivity contribution < 1.29 is 14.3 Å². The zero-order valence-electron chi connectivity index (χ0n) is 17.6. The van der Waals surface area contributed by atoms with Gasteiger partial charge in [0.15, 0.2) is 0 Å². The van der Waals surface area contributed by atoms with Crippen molar-refractivity contribution in [1.82, 2.24) is 25.1 Å². The molecule has 166 valence electrons. The first-order valence-electron chi connectivity index (χ1n) is 10.0. The standard InChI is InChI=1S/C21H21ClN6O3S/c1-12-7-13(14-8-17(22)24-11-16(14)31-2)15(10-23-12)20(30)25-21-27-26-18(32-21)9-19(29)28-5-3-4-6-28/h7-8,10-11H,3-6,9H2,1-2H3,(H,25,27,30). The molecule has 1 aliphatic rings. The van der Waals surface area contributed by atoms with Crippen molar-refractivity contribution in [2.24, 2.45) is 0 Å². The van der Waals surface area contributed by atoms with Crippen molar-refractivity contribution in [3.63, 3.8) is 0 Å². The third kappa shape index (κ3) is 4.86. The minimum atomic E-state index is -0.406. The van der Waals surface area contributed by atoms with Gasteiger partial charge in [0.05, 0.1) is 25.3 Å². The van der Waals surface area contributed by atoms with E-state index >= 15 is 0 Å². The summed E-state index contributed by atoms with van der Waals surface area (Å²) in [4.78, 5) is 35.5. The number of carbonyl (C=O) groups excluding carboxylic acids is 2. The molecule has 3 aromatic heterocycles. The van der Waals surface area contributed by atoms with Crippen molar-refractivity contribution in [2.45, 2.75) is 26.2 Å². The number of rotatable bonds is 6. The monoisotopic (exact) mass is 472 g/mol. The maximum Gasteiger partial charge on any atom is 0.259 e. The number of amides is 2. The van der Waals surface area contributed by atoms with Crippen molar-refractivity contribution in [3.8, 4) is 16.9 Å². The Morgan fingerprint density at radius 1 is 1.16 bits per heavy atom. The molecule has 0 aliphatic carbocycles. The number of likely N-dealkylation sites (tertiary alicyclic amines) is 1. The SMILES string of the molecule is COc1cnc(Cl)cc1-c1cc(C)ncc1C(=O)Nc1nnc(CC(=O)N2CCCC2)s1. The molecule has 2 amide bonds. The number of aromatic nitrogens is 4. The van der Waals surface area contributed by atoms with Crippen LogP contribution in [0.2, 0.25) is 5.15 Å². The van der Waals surface area contributed by atoms with Crippen LogP contribution in [0, 0.1) is 6.92 Å². The summed E-state index contributed by atoms with van der Waals surface area (Å²) in [6, 6.07) is 3.42. The lowest BCUT2D eigenvalue weighted by molar-refractivity contribution is -0.129. The van der Waals surface area contributed by atoms with Gasteiger partial charge in [0, 0.05) is 36.1 Å². The van der Waals surface area contributed by atoms with Crippen LogP contribution in [0.5, 0.6) is 5.75 Å². The molecule has 1 N–H and O–H groups in total. The summed E-state index contributed by atoms with van der Waals surface area (Å²) in [6.45, 7) is 3.40. The largest absolute Gasteiger partial charge is 0.494 e. The van der Waals surface area contributed by atoms with Gasteiger partial charge >= 0.3 is 0 Å². The molecule has 0 radical (unpaired) electrons. The van der Waals surface area contributed by atoms with Crippen LogP contribution < -0.4 is 10.1 Å². The summed E-state index contributed by atoms with van der Waals surface area (Å²) in [5.41, 5.74) is 2.27. The van der Waals surface area contributed by atoms with Crippen molar-refractivity contribution in [2.75, 3.05) is 25.5 Å². The fourth-order valence-corrected chi connectivity index (χ4v) is 4.39. The molecule has 11 heteroatoms. The Morgan fingerprint density at radius 3 is 2.69 bits per heavy atom. The summed E-state index contributed by atoms with van der Waals surface area (Å²) in [5.74, 6) is 0.104. The molecule has 1 saturated heterocycles. The lowest BCUT2D eigenvalue weighted by atomic mass is 10.0. The van der Waals surface area contributed by atoms with E-state index in [9.17, 15) is 9.59 Å². The van der Waals surface area contributed by atoms with Crippen LogP contribution in [0.25, 0.3) is 11.1 Å². The second-order valence-electron chi connectivity index (χ2n) is 7.30. The number of halogens is 1. The van der Waals surface area contributed by atoms with Crippen LogP contribution in [0.4, 0.5) is 5.13 Å². The number of hydrogen-bond acceptors (Lipinski definition) is 8. The summed E-state index contributed by atoms with van der Waals surface area (Å²) >= 11 is 7.27. The van der Waals surface area contributed by atoms with Crippen LogP contribution >= 0.6 is 22.9 Å². The normalized spacial score (nSPS) is 13.3. The maximum atomic E-state index is 13.1. The Morgan fingerprint density at radius 2 is 1.94 bits per heavy atom. The van der Waals surface area contributed by atoms with Crippen molar-refractivity contribution >= 4 is 39.9 Å². The topological polar surface area (TPSA) is 110 Å². The van der Waals surface area contributed by atoms with E-state index in [0.29, 0.717) is 32.6 Å². The highest BCUT2D eigenvalue weighted by atomic mass is 35.5. The van der Waals surface area contributed by atoms with Gasteiger partial charge in [-0.3, -0.25) is 19.9 Å². The van der Waals surface area contributed by atoms with E-state index < -0.39 is 5.91 Å². The van der Waals surface area contributed by atoms with E-state index in [1.54, 1.807) is 12.1 Å². The predicted octanol–water partition coefficient (Wildman–Crippen LogP) is 3.38. The molecule has 1 fully saturated rings. The van der Waals surface area contributed by atoms with Gasteiger partial charge in [0.1, 0.15) is 15.9 Å². The van der Waals surface area contributed by atoms with E-state index in [1.807, 2.05) is 11.8 Å². The number of anilines is 1. The first-order chi connectivity index (χ1) is 15.4. The molecule has 0 bridgehead atoms. The zero-order chi connectivity index (χ0) is 22.7. The van der Waals surface area contributed by atoms with Crippen LogP contribution in [0.3, 0.4) is 0 Å². The Bertz CT molecular complexity index is 1160. The molecule has 1 aliphatic heterocycles. The molecular formula is C21H21ClN6O3S. The Balaban J connectivity index is 1.55. The third-order valence-electron chi connectivity index (χ3n) is 5.08.